The third-order valence-corrected chi connectivity index (χ3v) is 6.17. The van der Waals surface area contributed by atoms with Crippen molar-refractivity contribution in [3.05, 3.63) is 0 Å². The highest BCUT2D eigenvalue weighted by molar-refractivity contribution is 9.09. The quantitative estimate of drug-likeness (QED) is 0.732. The molecular weight excluding hydrogens is 316 g/mol. The van der Waals surface area contributed by atoms with Crippen molar-refractivity contribution in [1.29, 1.82) is 0 Å². The van der Waals surface area contributed by atoms with Gasteiger partial charge in [0.1, 0.15) is 0 Å². The molecule has 2 aliphatic rings. The number of nitrogens with zero attached hydrogens (tertiary/aromatic N) is 2. The fraction of sp³-hybridized carbons (Fsp3) is 1.00. The molecule has 2 aliphatic heterocycles. The molecule has 0 aromatic heterocycles. The second kappa shape index (κ2) is 6.20. The Hall–Kier alpha value is 0.350. The number of rotatable bonds is 3. The minimum Gasteiger partial charge on any atom is -0.303 e. The van der Waals surface area contributed by atoms with Crippen molar-refractivity contribution >= 4 is 26.0 Å². The van der Waals surface area contributed by atoms with E-state index in [0.717, 1.165) is 26.1 Å². The standard InChI is InChI=1S/C12H23BrN2O2S/c1-18(16,17)15-6-2-3-11(10-15)9-14-7-4-12(13)5-8-14/h11-12H,2-10H2,1H3. The van der Waals surface area contributed by atoms with Gasteiger partial charge in [0.05, 0.1) is 6.26 Å². The van der Waals surface area contributed by atoms with E-state index in [9.17, 15) is 8.42 Å². The first kappa shape index (κ1) is 14.8. The summed E-state index contributed by atoms with van der Waals surface area (Å²) in [7, 11) is -3.00. The fourth-order valence-electron chi connectivity index (χ4n) is 2.93. The Kier molecular flexibility index (Phi) is 5.08. The van der Waals surface area contributed by atoms with Gasteiger partial charge in [-0.05, 0) is 44.7 Å². The molecule has 18 heavy (non-hydrogen) atoms. The Morgan fingerprint density at radius 3 is 2.44 bits per heavy atom. The molecule has 0 aliphatic carbocycles. The zero-order valence-electron chi connectivity index (χ0n) is 11.0. The van der Waals surface area contributed by atoms with Gasteiger partial charge in [0.15, 0.2) is 0 Å². The van der Waals surface area contributed by atoms with Crippen LogP contribution in [0.3, 0.4) is 0 Å². The second-order valence-corrected chi connectivity index (χ2v) is 8.88. The van der Waals surface area contributed by atoms with E-state index in [1.807, 2.05) is 0 Å². The number of sulfonamides is 1. The first-order chi connectivity index (χ1) is 8.45. The maximum absolute atomic E-state index is 11.6. The average Bonchev–Trinajstić information content (AvgIpc) is 2.31. The summed E-state index contributed by atoms with van der Waals surface area (Å²) in [5, 5.41) is 0. The van der Waals surface area contributed by atoms with Gasteiger partial charge < -0.3 is 4.90 Å². The summed E-state index contributed by atoms with van der Waals surface area (Å²) in [5.74, 6) is 0.514. The predicted molar refractivity (Wildman–Crippen MR) is 77.5 cm³/mol. The molecule has 0 bridgehead atoms. The Morgan fingerprint density at radius 2 is 1.83 bits per heavy atom. The van der Waals surface area contributed by atoms with Crippen LogP contribution in [0.5, 0.6) is 0 Å². The Labute approximate surface area is 119 Å². The lowest BCUT2D eigenvalue weighted by Gasteiger charge is -2.36. The molecular formula is C12H23BrN2O2S. The molecule has 0 N–H and O–H groups in total. The van der Waals surface area contributed by atoms with E-state index in [2.05, 4.69) is 20.8 Å². The lowest BCUT2D eigenvalue weighted by Crippen LogP contribution is -2.45. The largest absolute Gasteiger partial charge is 0.303 e. The molecule has 2 saturated heterocycles. The summed E-state index contributed by atoms with van der Waals surface area (Å²) in [6.07, 6.45) is 5.92. The summed E-state index contributed by atoms with van der Waals surface area (Å²) >= 11 is 3.66. The van der Waals surface area contributed by atoms with Gasteiger partial charge in [-0.3, -0.25) is 0 Å². The molecule has 0 amide bonds. The average molecular weight is 339 g/mol. The number of hydrogen-bond acceptors (Lipinski definition) is 3. The first-order valence-corrected chi connectivity index (χ1v) is 9.53. The molecule has 106 valence electrons. The molecule has 2 fully saturated rings. The number of hydrogen-bond donors (Lipinski definition) is 0. The summed E-state index contributed by atoms with van der Waals surface area (Å²) in [5.41, 5.74) is 0. The zero-order valence-corrected chi connectivity index (χ0v) is 13.4. The van der Waals surface area contributed by atoms with Crippen LogP contribution in [0.2, 0.25) is 0 Å². The van der Waals surface area contributed by atoms with Crippen LogP contribution >= 0.6 is 15.9 Å². The minimum atomic E-state index is -3.00. The Balaban J connectivity index is 1.83. The van der Waals surface area contributed by atoms with E-state index >= 15 is 0 Å². The van der Waals surface area contributed by atoms with Crippen molar-refractivity contribution in [3.63, 3.8) is 0 Å². The summed E-state index contributed by atoms with van der Waals surface area (Å²) in [6.45, 7) is 4.77. The topological polar surface area (TPSA) is 40.6 Å². The van der Waals surface area contributed by atoms with Crippen LogP contribution in [0.25, 0.3) is 0 Å². The lowest BCUT2D eigenvalue weighted by molar-refractivity contribution is 0.161. The molecule has 0 aromatic carbocycles. The van der Waals surface area contributed by atoms with Crippen molar-refractivity contribution in [3.8, 4) is 0 Å². The van der Waals surface area contributed by atoms with Crippen molar-refractivity contribution in [2.24, 2.45) is 5.92 Å². The monoisotopic (exact) mass is 338 g/mol. The number of piperidine rings is 2. The minimum absolute atomic E-state index is 0.514. The summed E-state index contributed by atoms with van der Waals surface area (Å²) in [4.78, 5) is 3.17. The highest BCUT2D eigenvalue weighted by Crippen LogP contribution is 2.23. The lowest BCUT2D eigenvalue weighted by atomic mass is 9.98. The molecule has 0 spiro atoms. The molecule has 4 nitrogen and oxygen atoms in total. The van der Waals surface area contributed by atoms with Crippen LogP contribution in [0.1, 0.15) is 25.7 Å². The third-order valence-electron chi connectivity index (χ3n) is 3.98. The fourth-order valence-corrected chi connectivity index (χ4v) is 4.28. The molecule has 0 radical (unpaired) electrons. The molecule has 6 heteroatoms. The second-order valence-electron chi connectivity index (χ2n) is 5.60. The molecule has 2 rings (SSSR count). The third kappa shape index (κ3) is 4.18. The van der Waals surface area contributed by atoms with E-state index in [4.69, 9.17) is 0 Å². The van der Waals surface area contributed by atoms with Crippen LogP contribution in [0, 0.1) is 5.92 Å². The summed E-state index contributed by atoms with van der Waals surface area (Å²) < 4.78 is 24.8. The van der Waals surface area contributed by atoms with Gasteiger partial charge >= 0.3 is 0 Å². The molecule has 0 saturated carbocycles. The van der Waals surface area contributed by atoms with Crippen LogP contribution in [-0.4, -0.2) is 61.4 Å². The molecule has 1 atom stereocenters. The Morgan fingerprint density at radius 1 is 1.17 bits per heavy atom. The number of halogens is 1. The van der Waals surface area contributed by atoms with Crippen LogP contribution in [0.15, 0.2) is 0 Å². The molecule has 1 unspecified atom stereocenters. The maximum Gasteiger partial charge on any atom is 0.211 e. The van der Waals surface area contributed by atoms with Gasteiger partial charge in [-0.25, -0.2) is 12.7 Å². The van der Waals surface area contributed by atoms with Crippen molar-refractivity contribution in [2.45, 2.75) is 30.5 Å². The van der Waals surface area contributed by atoms with Gasteiger partial charge in [0.2, 0.25) is 10.0 Å². The number of likely N-dealkylation sites (tertiary alicyclic amines) is 1. The van der Waals surface area contributed by atoms with Crippen molar-refractivity contribution < 1.29 is 8.42 Å². The summed E-state index contributed by atoms with van der Waals surface area (Å²) in [6, 6.07) is 0. The van der Waals surface area contributed by atoms with E-state index < -0.39 is 10.0 Å². The van der Waals surface area contributed by atoms with Gasteiger partial charge in [0, 0.05) is 24.5 Å². The number of alkyl halides is 1. The van der Waals surface area contributed by atoms with Crippen molar-refractivity contribution in [1.82, 2.24) is 9.21 Å². The van der Waals surface area contributed by atoms with Gasteiger partial charge in [-0.1, -0.05) is 15.9 Å². The Bertz CT molecular complexity index is 366. The SMILES string of the molecule is CS(=O)(=O)N1CCCC(CN2CCC(Br)CC2)C1. The van der Waals surface area contributed by atoms with E-state index in [-0.39, 0.29) is 0 Å². The van der Waals surface area contributed by atoms with Crippen molar-refractivity contribution in [2.75, 3.05) is 39.0 Å². The van der Waals surface area contributed by atoms with E-state index in [1.165, 1.54) is 25.5 Å². The van der Waals surface area contributed by atoms with E-state index in [1.54, 1.807) is 4.31 Å². The van der Waals surface area contributed by atoms with Crippen LogP contribution < -0.4 is 0 Å². The normalized spacial score (nSPS) is 29.6. The first-order valence-electron chi connectivity index (χ1n) is 6.76. The zero-order chi connectivity index (χ0) is 13.2. The highest BCUT2D eigenvalue weighted by Gasteiger charge is 2.28. The predicted octanol–water partition coefficient (Wildman–Crippen LogP) is 1.52. The highest BCUT2D eigenvalue weighted by atomic mass is 79.9. The maximum atomic E-state index is 11.6. The van der Waals surface area contributed by atoms with Gasteiger partial charge in [-0.15, -0.1) is 0 Å². The van der Waals surface area contributed by atoms with Crippen LogP contribution in [-0.2, 0) is 10.0 Å². The van der Waals surface area contributed by atoms with E-state index in [0.29, 0.717) is 23.8 Å². The van der Waals surface area contributed by atoms with Gasteiger partial charge in [-0.2, -0.15) is 0 Å². The van der Waals surface area contributed by atoms with Crippen LogP contribution in [0.4, 0.5) is 0 Å². The smallest absolute Gasteiger partial charge is 0.211 e. The van der Waals surface area contributed by atoms with Gasteiger partial charge in [0.25, 0.3) is 0 Å². The molecule has 0 aromatic rings. The molecule has 2 heterocycles.